The maximum Gasteiger partial charge on any atom is 0.259 e. The SMILES string of the molecule is CC1CCc2c(sc3nc(C(C)Sc4nnc(-c5ccccc5F)n4C)[nH]c(=O)c23)C1. The van der Waals surface area contributed by atoms with Gasteiger partial charge in [-0.05, 0) is 49.8 Å². The molecule has 2 unspecified atom stereocenters. The van der Waals surface area contributed by atoms with Crippen molar-refractivity contribution in [1.29, 1.82) is 0 Å². The summed E-state index contributed by atoms with van der Waals surface area (Å²) in [6.45, 7) is 4.23. The summed E-state index contributed by atoms with van der Waals surface area (Å²) >= 11 is 3.08. The summed E-state index contributed by atoms with van der Waals surface area (Å²) in [4.78, 5) is 22.8. The average molecular weight is 456 g/mol. The van der Waals surface area contributed by atoms with Crippen molar-refractivity contribution in [1.82, 2.24) is 24.7 Å². The highest BCUT2D eigenvalue weighted by Gasteiger charge is 2.24. The molecule has 4 aromatic rings. The molecule has 160 valence electrons. The third-order valence-corrected chi connectivity index (χ3v) is 8.09. The molecule has 3 aromatic heterocycles. The summed E-state index contributed by atoms with van der Waals surface area (Å²) in [6.07, 6.45) is 3.08. The predicted molar refractivity (Wildman–Crippen MR) is 122 cm³/mol. The second kappa shape index (κ2) is 7.87. The summed E-state index contributed by atoms with van der Waals surface area (Å²) in [5.41, 5.74) is 1.52. The van der Waals surface area contributed by atoms with Gasteiger partial charge in [-0.1, -0.05) is 30.8 Å². The maximum absolute atomic E-state index is 14.2. The molecule has 9 heteroatoms. The number of thiophene rings is 1. The largest absolute Gasteiger partial charge is 0.309 e. The Labute approximate surface area is 186 Å². The molecule has 0 saturated carbocycles. The fourth-order valence-electron chi connectivity index (χ4n) is 4.07. The highest BCUT2D eigenvalue weighted by atomic mass is 32.2. The minimum absolute atomic E-state index is 0.0653. The summed E-state index contributed by atoms with van der Waals surface area (Å²) in [6, 6.07) is 6.51. The number of fused-ring (bicyclic) bond motifs is 3. The topological polar surface area (TPSA) is 76.5 Å². The van der Waals surface area contributed by atoms with E-state index < -0.39 is 0 Å². The van der Waals surface area contributed by atoms with Crippen LogP contribution in [-0.4, -0.2) is 24.7 Å². The van der Waals surface area contributed by atoms with Crippen LogP contribution in [-0.2, 0) is 19.9 Å². The minimum Gasteiger partial charge on any atom is -0.309 e. The number of rotatable bonds is 4. The number of halogens is 1. The van der Waals surface area contributed by atoms with E-state index in [1.807, 2.05) is 14.0 Å². The lowest BCUT2D eigenvalue weighted by molar-refractivity contribution is 0.509. The van der Waals surface area contributed by atoms with Gasteiger partial charge in [0.05, 0.1) is 16.2 Å². The molecule has 1 N–H and O–H groups in total. The van der Waals surface area contributed by atoms with E-state index in [4.69, 9.17) is 4.98 Å². The first-order valence-corrected chi connectivity index (χ1v) is 12.0. The lowest BCUT2D eigenvalue weighted by Gasteiger charge is -2.17. The third-order valence-electron chi connectivity index (χ3n) is 5.80. The van der Waals surface area contributed by atoms with Crippen molar-refractivity contribution in [3.63, 3.8) is 0 Å². The molecule has 0 aliphatic heterocycles. The number of thioether (sulfide) groups is 1. The van der Waals surface area contributed by atoms with Crippen LogP contribution in [0.25, 0.3) is 21.6 Å². The van der Waals surface area contributed by atoms with E-state index in [0.29, 0.717) is 28.3 Å². The molecule has 2 atom stereocenters. The zero-order chi connectivity index (χ0) is 21.7. The first-order chi connectivity index (χ1) is 14.9. The third kappa shape index (κ3) is 3.59. The fourth-order valence-corrected chi connectivity index (χ4v) is 6.33. The van der Waals surface area contributed by atoms with Crippen LogP contribution in [0.15, 0.2) is 34.2 Å². The van der Waals surface area contributed by atoms with Crippen LogP contribution in [0.1, 0.15) is 41.8 Å². The normalized spacial score (nSPS) is 17.1. The molecule has 0 fully saturated rings. The van der Waals surface area contributed by atoms with Crippen LogP contribution < -0.4 is 5.56 Å². The highest BCUT2D eigenvalue weighted by molar-refractivity contribution is 7.99. The number of aromatic nitrogens is 5. The predicted octanol–water partition coefficient (Wildman–Crippen LogP) is 4.90. The number of benzene rings is 1. The molecular weight excluding hydrogens is 433 g/mol. The zero-order valence-electron chi connectivity index (χ0n) is 17.5. The number of hydrogen-bond acceptors (Lipinski definition) is 6. The molecule has 1 aliphatic carbocycles. The monoisotopic (exact) mass is 455 g/mol. The van der Waals surface area contributed by atoms with Gasteiger partial charge < -0.3 is 9.55 Å². The van der Waals surface area contributed by atoms with Gasteiger partial charge in [0, 0.05) is 11.9 Å². The van der Waals surface area contributed by atoms with Crippen molar-refractivity contribution in [2.75, 3.05) is 0 Å². The lowest BCUT2D eigenvalue weighted by atomic mass is 9.89. The molecular formula is C22H22FN5OS2. The number of nitrogens with zero attached hydrogens (tertiary/aromatic N) is 4. The second-order valence-corrected chi connectivity index (χ2v) is 10.5. The molecule has 1 aliphatic rings. The molecule has 1 aromatic carbocycles. The number of hydrogen-bond donors (Lipinski definition) is 1. The lowest BCUT2D eigenvalue weighted by Crippen LogP contribution is -2.15. The fraction of sp³-hybridized carbons (Fsp3) is 0.364. The maximum atomic E-state index is 14.2. The van der Waals surface area contributed by atoms with E-state index in [2.05, 4.69) is 22.1 Å². The van der Waals surface area contributed by atoms with Gasteiger partial charge >= 0.3 is 0 Å². The Bertz CT molecular complexity index is 1340. The molecule has 31 heavy (non-hydrogen) atoms. The standard InChI is InChI=1S/C22H22FN5OS2/c1-11-8-9-14-16(10-11)31-21-17(14)20(29)24-18(25-21)12(2)30-22-27-26-19(28(22)3)13-6-4-5-7-15(13)23/h4-7,11-12H,8-10H2,1-3H3,(H,24,25,29). The van der Waals surface area contributed by atoms with Gasteiger partial charge in [-0.2, -0.15) is 0 Å². The Morgan fingerprint density at radius 1 is 1.32 bits per heavy atom. The summed E-state index contributed by atoms with van der Waals surface area (Å²) < 4.78 is 15.9. The summed E-state index contributed by atoms with van der Waals surface area (Å²) in [7, 11) is 1.81. The van der Waals surface area contributed by atoms with Crippen LogP contribution in [0, 0.1) is 11.7 Å². The van der Waals surface area contributed by atoms with Gasteiger partial charge in [0.25, 0.3) is 5.56 Å². The van der Waals surface area contributed by atoms with E-state index in [-0.39, 0.29) is 16.6 Å². The Hall–Kier alpha value is -2.52. The van der Waals surface area contributed by atoms with Gasteiger partial charge in [-0.3, -0.25) is 4.79 Å². The molecule has 0 radical (unpaired) electrons. The van der Waals surface area contributed by atoms with Crippen molar-refractivity contribution in [2.24, 2.45) is 13.0 Å². The number of aryl methyl sites for hydroxylation is 1. The van der Waals surface area contributed by atoms with Crippen molar-refractivity contribution in [3.05, 3.63) is 56.7 Å². The average Bonchev–Trinajstić information content (AvgIpc) is 3.28. The Kier molecular flexibility index (Phi) is 5.18. The van der Waals surface area contributed by atoms with Crippen LogP contribution in [0.3, 0.4) is 0 Å². The van der Waals surface area contributed by atoms with Crippen LogP contribution in [0.4, 0.5) is 4.39 Å². The molecule has 0 saturated heterocycles. The molecule has 0 bridgehead atoms. The van der Waals surface area contributed by atoms with Gasteiger partial charge in [0.2, 0.25) is 0 Å². The van der Waals surface area contributed by atoms with Gasteiger partial charge in [0.1, 0.15) is 16.5 Å². The van der Waals surface area contributed by atoms with E-state index in [0.717, 1.165) is 29.5 Å². The van der Waals surface area contributed by atoms with E-state index in [1.165, 1.54) is 28.3 Å². The van der Waals surface area contributed by atoms with Crippen LogP contribution in [0.2, 0.25) is 0 Å². The van der Waals surface area contributed by atoms with Gasteiger partial charge in [-0.15, -0.1) is 21.5 Å². The Balaban J connectivity index is 1.46. The van der Waals surface area contributed by atoms with Gasteiger partial charge in [0.15, 0.2) is 11.0 Å². The highest BCUT2D eigenvalue weighted by Crippen LogP contribution is 2.38. The van der Waals surface area contributed by atoms with Crippen molar-refractivity contribution >= 4 is 33.3 Å². The zero-order valence-corrected chi connectivity index (χ0v) is 19.1. The van der Waals surface area contributed by atoms with Crippen molar-refractivity contribution in [2.45, 2.75) is 43.5 Å². The molecule has 3 heterocycles. The quantitative estimate of drug-likeness (QED) is 0.443. The first-order valence-electron chi connectivity index (χ1n) is 10.3. The number of aromatic amines is 1. The molecule has 6 nitrogen and oxygen atoms in total. The number of H-pyrrole nitrogens is 1. The van der Waals surface area contributed by atoms with Crippen molar-refractivity contribution < 1.29 is 4.39 Å². The van der Waals surface area contributed by atoms with Gasteiger partial charge in [-0.25, -0.2) is 9.37 Å². The van der Waals surface area contributed by atoms with Crippen LogP contribution >= 0.6 is 23.1 Å². The van der Waals surface area contributed by atoms with Crippen molar-refractivity contribution in [3.8, 4) is 11.4 Å². The molecule has 0 spiro atoms. The summed E-state index contributed by atoms with van der Waals surface area (Å²) in [5, 5.41) is 9.65. The molecule has 5 rings (SSSR count). The Morgan fingerprint density at radius 3 is 2.94 bits per heavy atom. The minimum atomic E-state index is -0.338. The first kappa shape index (κ1) is 20.4. The second-order valence-electron chi connectivity index (χ2n) is 8.09. The number of nitrogens with one attached hydrogen (secondary N) is 1. The van der Waals surface area contributed by atoms with Crippen LogP contribution in [0.5, 0.6) is 0 Å². The Morgan fingerprint density at radius 2 is 2.13 bits per heavy atom. The summed E-state index contributed by atoms with van der Waals surface area (Å²) in [5.74, 6) is 1.39. The van der Waals surface area contributed by atoms with E-state index in [9.17, 15) is 9.18 Å². The van der Waals surface area contributed by atoms with E-state index in [1.54, 1.807) is 34.1 Å². The van der Waals surface area contributed by atoms with E-state index >= 15 is 0 Å². The smallest absolute Gasteiger partial charge is 0.259 e. The molecule has 0 amide bonds.